The van der Waals surface area contributed by atoms with E-state index in [9.17, 15) is 21.6 Å². The lowest BCUT2D eigenvalue weighted by atomic mass is 10.3. The molecule has 0 aromatic carbocycles. The Labute approximate surface area is 90.4 Å². The van der Waals surface area contributed by atoms with Crippen LogP contribution < -0.4 is 0 Å². The van der Waals surface area contributed by atoms with Crippen LogP contribution >= 0.6 is 0 Å². The summed E-state index contributed by atoms with van der Waals surface area (Å²) in [7, 11) is -9.32. The third kappa shape index (κ3) is 2.61. The van der Waals surface area contributed by atoms with Gasteiger partial charge in [0.1, 0.15) is 4.90 Å². The number of carbonyl (C=O) groups excluding carboxylic acids is 1. The molecule has 0 aliphatic carbocycles. The summed E-state index contributed by atoms with van der Waals surface area (Å²) >= 11 is 0. The minimum Gasteiger partial charge on any atom is -0.298 e. The molecule has 88 valence electrons. The molecule has 1 heterocycles. The molecule has 0 fully saturated rings. The summed E-state index contributed by atoms with van der Waals surface area (Å²) in [6.07, 6.45) is 0.496. The summed E-state index contributed by atoms with van der Waals surface area (Å²) in [6.45, 7) is 0. The number of aldehydes is 1. The van der Waals surface area contributed by atoms with Crippen molar-refractivity contribution in [3.8, 4) is 0 Å². The Kier molecular flexibility index (Phi) is 3.10. The fourth-order valence-electron chi connectivity index (χ4n) is 0.890. The molecule has 0 unspecified atom stereocenters. The SMILES string of the molecule is O=Cc1cc(S(=O)(=O)O)cnc1S(=O)(=O)O. The van der Waals surface area contributed by atoms with Crippen molar-refractivity contribution in [1.29, 1.82) is 0 Å². The number of pyridine rings is 1. The Balaban J connectivity index is 3.58. The van der Waals surface area contributed by atoms with Gasteiger partial charge < -0.3 is 0 Å². The van der Waals surface area contributed by atoms with Gasteiger partial charge >= 0.3 is 10.1 Å². The highest BCUT2D eigenvalue weighted by molar-refractivity contribution is 7.86. The Morgan fingerprint density at radius 1 is 1.12 bits per heavy atom. The molecule has 0 spiro atoms. The summed E-state index contributed by atoms with van der Waals surface area (Å²) in [5.74, 6) is 0. The van der Waals surface area contributed by atoms with Crippen LogP contribution in [-0.4, -0.2) is 37.2 Å². The van der Waals surface area contributed by atoms with E-state index < -0.39 is 35.7 Å². The van der Waals surface area contributed by atoms with Crippen molar-refractivity contribution < 1.29 is 30.7 Å². The van der Waals surface area contributed by atoms with E-state index in [-0.39, 0.29) is 6.29 Å². The van der Waals surface area contributed by atoms with Gasteiger partial charge in [-0.2, -0.15) is 16.8 Å². The Bertz CT molecular complexity index is 631. The molecule has 0 aliphatic heterocycles. The van der Waals surface area contributed by atoms with Crippen molar-refractivity contribution in [1.82, 2.24) is 4.98 Å². The Morgan fingerprint density at radius 2 is 1.69 bits per heavy atom. The molecule has 0 bridgehead atoms. The van der Waals surface area contributed by atoms with Gasteiger partial charge in [-0.15, -0.1) is 0 Å². The highest BCUT2D eigenvalue weighted by Gasteiger charge is 2.20. The Hall–Kier alpha value is -1.36. The van der Waals surface area contributed by atoms with Gasteiger partial charge in [0.15, 0.2) is 11.3 Å². The molecule has 2 N–H and O–H groups in total. The summed E-state index contributed by atoms with van der Waals surface area (Å²) in [5.41, 5.74) is -0.669. The maximum atomic E-state index is 10.7. The lowest BCUT2D eigenvalue weighted by Gasteiger charge is -2.01. The molecular formula is C6H5NO7S2. The normalized spacial score (nSPS) is 12.4. The van der Waals surface area contributed by atoms with Gasteiger partial charge in [0.25, 0.3) is 10.1 Å². The molecular weight excluding hydrogens is 262 g/mol. The standard InChI is InChI=1S/C6H5NO7S2/c8-3-4-1-5(15(9,10)11)2-7-6(4)16(12,13)14/h1-3H,(H,9,10,11)(H,12,13,14). The number of hydrogen-bond donors (Lipinski definition) is 2. The zero-order valence-electron chi connectivity index (χ0n) is 7.43. The van der Waals surface area contributed by atoms with Crippen molar-refractivity contribution in [3.63, 3.8) is 0 Å². The zero-order valence-corrected chi connectivity index (χ0v) is 9.06. The monoisotopic (exact) mass is 267 g/mol. The number of carbonyl (C=O) groups is 1. The highest BCUT2D eigenvalue weighted by Crippen LogP contribution is 2.15. The molecule has 0 saturated heterocycles. The molecule has 0 aliphatic rings. The van der Waals surface area contributed by atoms with Gasteiger partial charge in [0.2, 0.25) is 0 Å². The maximum Gasteiger partial charge on any atom is 0.312 e. The first-order valence-electron chi connectivity index (χ1n) is 3.56. The third-order valence-electron chi connectivity index (χ3n) is 1.52. The average molecular weight is 267 g/mol. The van der Waals surface area contributed by atoms with E-state index in [0.29, 0.717) is 12.3 Å². The summed E-state index contributed by atoms with van der Waals surface area (Å²) in [5, 5.41) is -0.977. The van der Waals surface area contributed by atoms with Crippen LogP contribution in [0.25, 0.3) is 0 Å². The van der Waals surface area contributed by atoms with Crippen LogP contribution in [0.15, 0.2) is 22.2 Å². The third-order valence-corrected chi connectivity index (χ3v) is 3.17. The summed E-state index contributed by atoms with van der Waals surface area (Å²) in [4.78, 5) is 12.8. The molecule has 1 aromatic rings. The number of hydrogen-bond acceptors (Lipinski definition) is 6. The number of aromatic nitrogens is 1. The molecule has 16 heavy (non-hydrogen) atoms. The topological polar surface area (TPSA) is 139 Å². The molecule has 1 aromatic heterocycles. The van der Waals surface area contributed by atoms with Crippen molar-refractivity contribution in [2.24, 2.45) is 0 Å². The first-order valence-corrected chi connectivity index (χ1v) is 6.44. The van der Waals surface area contributed by atoms with Gasteiger partial charge in [-0.05, 0) is 6.07 Å². The minimum absolute atomic E-state index is 0.00914. The fourth-order valence-corrected chi connectivity index (χ4v) is 1.94. The molecule has 10 heteroatoms. The quantitative estimate of drug-likeness (QED) is 0.546. The predicted octanol–water partition coefficient (Wildman–Crippen LogP) is -0.612. The van der Waals surface area contributed by atoms with Crippen molar-refractivity contribution >= 4 is 26.5 Å². The van der Waals surface area contributed by atoms with Gasteiger partial charge in [-0.25, -0.2) is 4.98 Å². The van der Waals surface area contributed by atoms with Gasteiger partial charge in [0.05, 0.1) is 5.56 Å². The lowest BCUT2D eigenvalue weighted by Crippen LogP contribution is -2.08. The molecule has 0 amide bonds. The smallest absolute Gasteiger partial charge is 0.298 e. The van der Waals surface area contributed by atoms with E-state index in [1.807, 2.05) is 0 Å². The lowest BCUT2D eigenvalue weighted by molar-refractivity contribution is 0.111. The molecule has 0 atom stereocenters. The molecule has 8 nitrogen and oxygen atoms in total. The van der Waals surface area contributed by atoms with E-state index in [1.165, 1.54) is 0 Å². The van der Waals surface area contributed by atoms with Crippen molar-refractivity contribution in [2.75, 3.05) is 0 Å². The molecule has 1 rings (SSSR count). The number of rotatable bonds is 3. The van der Waals surface area contributed by atoms with Gasteiger partial charge in [-0.3, -0.25) is 13.9 Å². The predicted molar refractivity (Wildman–Crippen MR) is 49.3 cm³/mol. The van der Waals surface area contributed by atoms with E-state index in [2.05, 4.69) is 4.98 Å². The van der Waals surface area contributed by atoms with Gasteiger partial charge in [0, 0.05) is 6.20 Å². The average Bonchev–Trinajstić information content (AvgIpc) is 2.14. The fraction of sp³-hybridized carbons (Fsp3) is 0. The van der Waals surface area contributed by atoms with Crippen molar-refractivity contribution in [2.45, 2.75) is 9.92 Å². The van der Waals surface area contributed by atoms with Crippen LogP contribution in [0, 0.1) is 0 Å². The van der Waals surface area contributed by atoms with Crippen LogP contribution in [0.5, 0.6) is 0 Å². The zero-order chi connectivity index (χ0) is 12.6. The van der Waals surface area contributed by atoms with E-state index >= 15 is 0 Å². The number of nitrogens with zero attached hydrogens (tertiary/aromatic N) is 1. The second-order valence-electron chi connectivity index (χ2n) is 2.63. The second-order valence-corrected chi connectivity index (χ2v) is 5.39. The highest BCUT2D eigenvalue weighted by atomic mass is 32.2. The molecule has 0 radical (unpaired) electrons. The van der Waals surface area contributed by atoms with Gasteiger partial charge in [-0.1, -0.05) is 0 Å². The maximum absolute atomic E-state index is 10.7. The van der Waals surface area contributed by atoms with Crippen LogP contribution in [-0.2, 0) is 20.2 Å². The summed E-state index contributed by atoms with van der Waals surface area (Å²) in [6, 6.07) is 0.582. The van der Waals surface area contributed by atoms with Crippen LogP contribution in [0.4, 0.5) is 0 Å². The second kappa shape index (κ2) is 3.90. The largest absolute Gasteiger partial charge is 0.312 e. The summed E-state index contributed by atoms with van der Waals surface area (Å²) < 4.78 is 59.9. The first-order chi connectivity index (χ1) is 7.16. The van der Waals surface area contributed by atoms with Crippen molar-refractivity contribution in [3.05, 3.63) is 17.8 Å². The minimum atomic E-state index is -4.73. The first kappa shape index (κ1) is 12.7. The van der Waals surface area contributed by atoms with E-state index in [1.54, 1.807) is 0 Å². The molecule has 0 saturated carbocycles. The van der Waals surface area contributed by atoms with Crippen LogP contribution in [0.2, 0.25) is 0 Å². The van der Waals surface area contributed by atoms with Crippen LogP contribution in [0.3, 0.4) is 0 Å². The van der Waals surface area contributed by atoms with E-state index in [4.69, 9.17) is 9.11 Å². The Morgan fingerprint density at radius 3 is 2.06 bits per heavy atom. The van der Waals surface area contributed by atoms with E-state index in [0.717, 1.165) is 0 Å². The van der Waals surface area contributed by atoms with Crippen LogP contribution in [0.1, 0.15) is 10.4 Å².